The molecule has 0 bridgehead atoms. The van der Waals surface area contributed by atoms with Crippen molar-refractivity contribution < 1.29 is 0 Å². The van der Waals surface area contributed by atoms with Gasteiger partial charge in [0.2, 0.25) is 0 Å². The molecular weight excluding hydrogens is 227 g/mol. The Morgan fingerprint density at radius 1 is 1.25 bits per heavy atom. The maximum absolute atomic E-state index is 2.43. The van der Waals surface area contributed by atoms with Crippen molar-refractivity contribution in [1.82, 2.24) is 0 Å². The van der Waals surface area contributed by atoms with Gasteiger partial charge < -0.3 is 0 Å². The molecule has 0 amide bonds. The fourth-order valence-electron chi connectivity index (χ4n) is 0.401. The summed E-state index contributed by atoms with van der Waals surface area (Å²) in [6, 6.07) is 0. The van der Waals surface area contributed by atoms with E-state index in [1.54, 1.807) is 4.43 Å². The van der Waals surface area contributed by atoms with E-state index in [2.05, 4.69) is 16.8 Å². The van der Waals surface area contributed by atoms with Crippen LogP contribution in [0.3, 0.4) is 0 Å². The van der Waals surface area contributed by atoms with Gasteiger partial charge >= 0.3 is 53.9 Å². The number of hydrogen-bond donors (Lipinski definition) is 0. The van der Waals surface area contributed by atoms with E-state index in [-0.39, 0.29) is 30.8 Å². The molecule has 0 spiro atoms. The SMILES string of the molecule is CCCCI(C)C.[SiH4]. The largest absolute Gasteiger partial charge is 0.0149 e. The van der Waals surface area contributed by atoms with Crippen molar-refractivity contribution in [2.24, 2.45) is 0 Å². The maximum Gasteiger partial charge on any atom is -0.0149 e. The van der Waals surface area contributed by atoms with Gasteiger partial charge in [0.15, 0.2) is 0 Å². The van der Waals surface area contributed by atoms with Crippen molar-refractivity contribution in [2.45, 2.75) is 19.8 Å². The minimum atomic E-state index is -0.328. The maximum atomic E-state index is 2.43. The van der Waals surface area contributed by atoms with Crippen LogP contribution in [0.2, 0.25) is 0 Å². The van der Waals surface area contributed by atoms with Crippen molar-refractivity contribution in [2.75, 3.05) is 14.3 Å². The molecule has 0 nitrogen and oxygen atoms in total. The molecule has 54 valence electrons. The third-order valence-electron chi connectivity index (χ3n) is 0.865. The van der Waals surface area contributed by atoms with Crippen LogP contribution in [0, 0.1) is 0 Å². The predicted octanol–water partition coefficient (Wildman–Crippen LogP) is 1.10. The van der Waals surface area contributed by atoms with Gasteiger partial charge in [-0.1, -0.05) is 0 Å². The summed E-state index contributed by atoms with van der Waals surface area (Å²) in [5.41, 5.74) is 0. The number of rotatable bonds is 3. The molecule has 0 aliphatic heterocycles. The van der Waals surface area contributed by atoms with Gasteiger partial charge in [0.05, 0.1) is 0 Å². The first-order chi connectivity index (χ1) is 3.27. The first kappa shape index (κ1) is 11.7. The van der Waals surface area contributed by atoms with Crippen LogP contribution < -0.4 is 0 Å². The zero-order valence-corrected chi connectivity index (χ0v) is 7.66. The van der Waals surface area contributed by atoms with Crippen molar-refractivity contribution in [3.63, 3.8) is 0 Å². The van der Waals surface area contributed by atoms with Gasteiger partial charge in [-0.25, -0.2) is 0 Å². The number of unbranched alkanes of at least 4 members (excludes halogenated alkanes) is 1. The van der Waals surface area contributed by atoms with Crippen molar-refractivity contribution >= 4 is 30.8 Å². The van der Waals surface area contributed by atoms with E-state index in [0.717, 1.165) is 0 Å². The summed E-state index contributed by atoms with van der Waals surface area (Å²) >= 11 is -0.328. The molecule has 0 saturated carbocycles. The molecule has 0 aromatic heterocycles. The topological polar surface area (TPSA) is 0 Å². The molecule has 0 saturated heterocycles. The molecule has 0 heterocycles. The van der Waals surface area contributed by atoms with Crippen LogP contribution in [0.1, 0.15) is 19.8 Å². The third-order valence-corrected chi connectivity index (χ3v) is 3.79. The number of alkyl halides is 3. The fourth-order valence-corrected chi connectivity index (χ4v) is 2.69. The average molecular weight is 246 g/mol. The summed E-state index contributed by atoms with van der Waals surface area (Å²) in [7, 11) is 0. The summed E-state index contributed by atoms with van der Waals surface area (Å²) in [6.07, 6.45) is 2.85. The number of hydrogen-bond acceptors (Lipinski definition) is 0. The van der Waals surface area contributed by atoms with Crippen LogP contribution in [0.25, 0.3) is 0 Å². The van der Waals surface area contributed by atoms with Gasteiger partial charge in [0.1, 0.15) is 0 Å². The molecule has 2 heteroatoms. The van der Waals surface area contributed by atoms with Crippen LogP contribution in [0.4, 0.5) is 0 Å². The van der Waals surface area contributed by atoms with Gasteiger partial charge in [-0.15, -0.1) is 0 Å². The molecular formula is C6H19ISi. The minimum Gasteiger partial charge on any atom is -0.0149 e. The third kappa shape index (κ3) is 10.0. The summed E-state index contributed by atoms with van der Waals surface area (Å²) in [5, 5.41) is 0. The van der Waals surface area contributed by atoms with Crippen LogP contribution >= 0.6 is 19.8 Å². The molecule has 0 atom stereocenters. The van der Waals surface area contributed by atoms with E-state index in [1.807, 2.05) is 0 Å². The molecule has 8 heavy (non-hydrogen) atoms. The van der Waals surface area contributed by atoms with Gasteiger partial charge in [-0.3, -0.25) is 0 Å². The smallest absolute Gasteiger partial charge is 0.0149 e. The molecule has 0 aliphatic rings. The zero-order chi connectivity index (χ0) is 5.70. The summed E-state index contributed by atoms with van der Waals surface area (Å²) in [4.78, 5) is 4.86. The van der Waals surface area contributed by atoms with E-state index < -0.39 is 0 Å². The fraction of sp³-hybridized carbons (Fsp3) is 1.00. The monoisotopic (exact) mass is 246 g/mol. The molecule has 0 rings (SSSR count). The van der Waals surface area contributed by atoms with E-state index >= 15 is 0 Å². The first-order valence-corrected chi connectivity index (χ1v) is 8.57. The second-order valence-electron chi connectivity index (χ2n) is 1.96. The second kappa shape index (κ2) is 7.95. The Bertz CT molecular complexity index is 37.5. The Balaban J connectivity index is 0. The van der Waals surface area contributed by atoms with Gasteiger partial charge in [0.25, 0.3) is 0 Å². The van der Waals surface area contributed by atoms with Gasteiger partial charge in [-0.05, 0) is 11.0 Å². The predicted molar refractivity (Wildman–Crippen MR) is 57.0 cm³/mol. The Kier molecular flexibility index (Phi) is 11.6. The minimum absolute atomic E-state index is 0. The molecule has 0 aromatic rings. The normalized spacial score (nSPS) is 10.1. The van der Waals surface area contributed by atoms with E-state index in [0.29, 0.717) is 0 Å². The summed E-state index contributed by atoms with van der Waals surface area (Å²) in [6.45, 7) is 2.26. The van der Waals surface area contributed by atoms with Crippen molar-refractivity contribution in [3.05, 3.63) is 0 Å². The van der Waals surface area contributed by atoms with Gasteiger partial charge in [-0.2, -0.15) is 0 Å². The van der Waals surface area contributed by atoms with Crippen molar-refractivity contribution in [3.8, 4) is 0 Å². The molecule has 0 N–H and O–H groups in total. The van der Waals surface area contributed by atoms with E-state index in [4.69, 9.17) is 0 Å². The van der Waals surface area contributed by atoms with E-state index in [9.17, 15) is 0 Å². The summed E-state index contributed by atoms with van der Waals surface area (Å²) in [5.74, 6) is 0. The van der Waals surface area contributed by atoms with Crippen LogP contribution in [0.5, 0.6) is 0 Å². The average Bonchev–Trinajstić information content (AvgIpc) is 1.61. The van der Waals surface area contributed by atoms with Crippen LogP contribution in [-0.2, 0) is 0 Å². The number of halogens is 1. The Labute approximate surface area is 64.8 Å². The second-order valence-corrected chi connectivity index (χ2v) is 8.24. The van der Waals surface area contributed by atoms with Crippen LogP contribution in [0.15, 0.2) is 0 Å². The zero-order valence-electron chi connectivity index (χ0n) is 5.50. The Hall–Kier alpha value is 0.947. The molecule has 0 radical (unpaired) electrons. The Morgan fingerprint density at radius 3 is 1.88 bits per heavy atom. The van der Waals surface area contributed by atoms with Crippen LogP contribution in [-0.4, -0.2) is 25.3 Å². The Morgan fingerprint density at radius 2 is 1.75 bits per heavy atom. The standard InChI is InChI=1S/C6H15I.H4Si/c1-4-5-6-7(2)3;/h4-6H2,1-3H3;1H4. The summed E-state index contributed by atoms with van der Waals surface area (Å²) < 4.78 is 1.56. The first-order valence-electron chi connectivity index (χ1n) is 2.73. The van der Waals surface area contributed by atoms with Gasteiger partial charge in [0, 0.05) is 0 Å². The quantitative estimate of drug-likeness (QED) is 0.397. The molecule has 0 aliphatic carbocycles. The molecule has 0 unspecified atom stereocenters. The van der Waals surface area contributed by atoms with Crippen molar-refractivity contribution in [1.29, 1.82) is 0 Å². The molecule has 0 aromatic carbocycles. The van der Waals surface area contributed by atoms with E-state index in [1.165, 1.54) is 12.8 Å². The molecule has 0 fully saturated rings.